The molecule has 3 rings (SSSR count). The fraction of sp³-hybridized carbons (Fsp3) is 0.857. The van der Waals surface area contributed by atoms with Crippen LogP contribution in [0, 0.1) is 11.8 Å². The number of carboxylic acid groups (broad SMARTS) is 1. The van der Waals surface area contributed by atoms with Crippen molar-refractivity contribution < 1.29 is 23.5 Å². The summed E-state index contributed by atoms with van der Waals surface area (Å²) in [5.41, 5.74) is 0. The zero-order chi connectivity index (χ0) is 14.5. The van der Waals surface area contributed by atoms with E-state index >= 15 is 0 Å². The van der Waals surface area contributed by atoms with Crippen LogP contribution >= 0.6 is 0 Å². The lowest BCUT2D eigenvalue weighted by molar-refractivity contribution is -0.144. The van der Waals surface area contributed by atoms with E-state index in [9.17, 15) is 23.5 Å². The Hall–Kier alpha value is -1.20. The minimum atomic E-state index is -2.63. The van der Waals surface area contributed by atoms with Gasteiger partial charge in [-0.25, -0.2) is 8.78 Å². The largest absolute Gasteiger partial charge is 0.481 e. The van der Waals surface area contributed by atoms with Gasteiger partial charge in [-0.1, -0.05) is 0 Å². The van der Waals surface area contributed by atoms with Gasteiger partial charge in [0.1, 0.15) is 0 Å². The molecule has 1 aliphatic carbocycles. The Morgan fingerprint density at radius 3 is 2.30 bits per heavy atom. The van der Waals surface area contributed by atoms with Crippen LogP contribution in [0.2, 0.25) is 0 Å². The number of fused-ring (bicyclic) bond motifs is 2. The first-order valence-corrected chi connectivity index (χ1v) is 7.32. The number of nitrogens with zero attached hydrogens (tertiary/aromatic N) is 1. The Bertz CT molecular complexity index is 430. The number of aliphatic carboxylic acids is 1. The maximum absolute atomic E-state index is 13.1. The Morgan fingerprint density at radius 2 is 1.75 bits per heavy atom. The van der Waals surface area contributed by atoms with Crippen molar-refractivity contribution >= 4 is 11.9 Å². The molecule has 3 atom stereocenters. The third-order valence-corrected chi connectivity index (χ3v) is 5.17. The molecule has 3 unspecified atom stereocenters. The van der Waals surface area contributed by atoms with Crippen molar-refractivity contribution in [2.75, 3.05) is 0 Å². The lowest BCUT2D eigenvalue weighted by atomic mass is 9.85. The fourth-order valence-corrected chi connectivity index (χ4v) is 4.10. The highest BCUT2D eigenvalue weighted by Gasteiger charge is 2.52. The average Bonchev–Trinajstić information content (AvgIpc) is 2.95. The van der Waals surface area contributed by atoms with Crippen LogP contribution in [0.25, 0.3) is 0 Å². The lowest BCUT2D eigenvalue weighted by Crippen LogP contribution is -2.43. The highest BCUT2D eigenvalue weighted by Crippen LogP contribution is 2.44. The molecule has 4 nitrogen and oxygen atoms in total. The number of hydrogen-bond donors (Lipinski definition) is 1. The van der Waals surface area contributed by atoms with E-state index in [1.165, 1.54) is 0 Å². The van der Waals surface area contributed by atoms with E-state index in [0.29, 0.717) is 6.42 Å². The summed E-state index contributed by atoms with van der Waals surface area (Å²) in [4.78, 5) is 25.4. The number of carbonyl (C=O) groups excluding carboxylic acids is 1. The summed E-state index contributed by atoms with van der Waals surface area (Å²) in [5.74, 6) is -4.38. The third-order valence-electron chi connectivity index (χ3n) is 5.17. The molecule has 2 saturated heterocycles. The quantitative estimate of drug-likeness (QED) is 0.847. The van der Waals surface area contributed by atoms with Crippen LogP contribution in [-0.4, -0.2) is 39.9 Å². The van der Waals surface area contributed by atoms with Gasteiger partial charge < -0.3 is 10.0 Å². The van der Waals surface area contributed by atoms with Crippen molar-refractivity contribution in [1.29, 1.82) is 0 Å². The summed E-state index contributed by atoms with van der Waals surface area (Å²) in [6.07, 6.45) is 2.09. The highest BCUT2D eigenvalue weighted by molar-refractivity contribution is 5.82. The molecule has 0 spiro atoms. The third kappa shape index (κ3) is 2.19. The van der Waals surface area contributed by atoms with E-state index in [-0.39, 0.29) is 49.6 Å². The molecular weight excluding hydrogens is 268 g/mol. The molecular formula is C14H19F2NO3. The van der Waals surface area contributed by atoms with E-state index in [4.69, 9.17) is 0 Å². The van der Waals surface area contributed by atoms with Gasteiger partial charge in [0.05, 0.1) is 5.92 Å². The molecule has 2 aliphatic heterocycles. The number of carboxylic acids is 1. The second-order valence-corrected chi connectivity index (χ2v) is 6.35. The molecule has 0 aromatic heterocycles. The van der Waals surface area contributed by atoms with Gasteiger partial charge in [-0.15, -0.1) is 0 Å². The summed E-state index contributed by atoms with van der Waals surface area (Å²) >= 11 is 0. The van der Waals surface area contributed by atoms with Gasteiger partial charge in [-0.2, -0.15) is 0 Å². The van der Waals surface area contributed by atoms with Crippen LogP contribution in [0.5, 0.6) is 0 Å². The summed E-state index contributed by atoms with van der Waals surface area (Å²) in [6.45, 7) is 0. The van der Waals surface area contributed by atoms with Gasteiger partial charge in [0, 0.05) is 30.8 Å². The van der Waals surface area contributed by atoms with Crippen molar-refractivity contribution in [3.05, 3.63) is 0 Å². The molecule has 3 fully saturated rings. The van der Waals surface area contributed by atoms with E-state index in [0.717, 1.165) is 12.8 Å². The molecule has 3 aliphatic rings. The Labute approximate surface area is 116 Å². The number of halogens is 2. The van der Waals surface area contributed by atoms with Crippen LogP contribution in [-0.2, 0) is 9.59 Å². The maximum atomic E-state index is 13.1. The van der Waals surface area contributed by atoms with Crippen LogP contribution < -0.4 is 0 Å². The molecule has 2 bridgehead atoms. The first kappa shape index (κ1) is 13.8. The smallest absolute Gasteiger partial charge is 0.308 e. The van der Waals surface area contributed by atoms with Crippen molar-refractivity contribution in [3.63, 3.8) is 0 Å². The average molecular weight is 287 g/mol. The molecule has 112 valence electrons. The van der Waals surface area contributed by atoms with Gasteiger partial charge in [0.15, 0.2) is 0 Å². The number of alkyl halides is 2. The van der Waals surface area contributed by atoms with Crippen molar-refractivity contribution in [3.8, 4) is 0 Å². The number of amides is 1. The van der Waals surface area contributed by atoms with Gasteiger partial charge >= 0.3 is 5.97 Å². The zero-order valence-electron chi connectivity index (χ0n) is 11.2. The van der Waals surface area contributed by atoms with Gasteiger partial charge in [-0.3, -0.25) is 9.59 Å². The van der Waals surface area contributed by atoms with E-state index in [1.807, 2.05) is 0 Å². The Balaban J connectivity index is 1.68. The van der Waals surface area contributed by atoms with Crippen LogP contribution in [0.3, 0.4) is 0 Å². The summed E-state index contributed by atoms with van der Waals surface area (Å²) < 4.78 is 26.3. The monoisotopic (exact) mass is 287 g/mol. The SMILES string of the molecule is O=C(O)C1CC2CCC1N2C(=O)C1CCC(F)(F)CC1. The van der Waals surface area contributed by atoms with Crippen LogP contribution in [0.15, 0.2) is 0 Å². The topological polar surface area (TPSA) is 57.6 Å². The van der Waals surface area contributed by atoms with Gasteiger partial charge in [0.2, 0.25) is 11.8 Å². The Morgan fingerprint density at radius 1 is 1.10 bits per heavy atom. The number of rotatable bonds is 2. The van der Waals surface area contributed by atoms with Gasteiger partial charge in [0.25, 0.3) is 0 Å². The van der Waals surface area contributed by atoms with Crippen LogP contribution in [0.4, 0.5) is 8.78 Å². The van der Waals surface area contributed by atoms with E-state index in [2.05, 4.69) is 0 Å². The molecule has 0 radical (unpaired) electrons. The molecule has 0 aromatic rings. The standard InChI is InChI=1S/C14H19F2NO3/c15-14(16)5-3-8(4-6-14)12(18)17-9-1-2-11(17)10(7-9)13(19)20/h8-11H,1-7H2,(H,19,20). The van der Waals surface area contributed by atoms with Crippen molar-refractivity contribution in [2.24, 2.45) is 11.8 Å². The summed E-state index contributed by atoms with van der Waals surface area (Å²) in [5, 5.41) is 9.18. The zero-order valence-corrected chi connectivity index (χ0v) is 11.2. The molecule has 20 heavy (non-hydrogen) atoms. The minimum absolute atomic E-state index is 0.0102. The number of hydrogen-bond acceptors (Lipinski definition) is 2. The first-order chi connectivity index (χ1) is 9.39. The van der Waals surface area contributed by atoms with E-state index < -0.39 is 17.8 Å². The molecule has 2 heterocycles. The molecule has 1 N–H and O–H groups in total. The summed E-state index contributed by atoms with van der Waals surface area (Å²) in [6, 6.07) is -0.205. The number of carbonyl (C=O) groups is 2. The minimum Gasteiger partial charge on any atom is -0.481 e. The first-order valence-electron chi connectivity index (χ1n) is 7.32. The highest BCUT2D eigenvalue weighted by atomic mass is 19.3. The predicted molar refractivity (Wildman–Crippen MR) is 66.3 cm³/mol. The van der Waals surface area contributed by atoms with Gasteiger partial charge in [-0.05, 0) is 32.1 Å². The molecule has 1 amide bonds. The molecule has 6 heteroatoms. The molecule has 1 saturated carbocycles. The predicted octanol–water partition coefficient (Wildman–Crippen LogP) is 2.28. The second kappa shape index (κ2) is 4.67. The molecule has 0 aromatic carbocycles. The second-order valence-electron chi connectivity index (χ2n) is 6.35. The Kier molecular flexibility index (Phi) is 3.21. The van der Waals surface area contributed by atoms with Crippen molar-refractivity contribution in [1.82, 2.24) is 4.90 Å². The van der Waals surface area contributed by atoms with Crippen LogP contribution in [0.1, 0.15) is 44.9 Å². The van der Waals surface area contributed by atoms with Crippen molar-refractivity contribution in [2.45, 2.75) is 63.0 Å². The summed E-state index contributed by atoms with van der Waals surface area (Å²) in [7, 11) is 0. The fourth-order valence-electron chi connectivity index (χ4n) is 4.10. The normalized spacial score (nSPS) is 36.3. The maximum Gasteiger partial charge on any atom is 0.308 e. The lowest BCUT2D eigenvalue weighted by Gasteiger charge is -2.32. The van der Waals surface area contributed by atoms with E-state index in [1.54, 1.807) is 4.90 Å².